The van der Waals surface area contributed by atoms with Crippen molar-refractivity contribution in [1.82, 2.24) is 0 Å². The van der Waals surface area contributed by atoms with Crippen molar-refractivity contribution in [1.29, 1.82) is 0 Å². The SMILES string of the molecule is CCc1ccc(Oc2cccc(N)c2[N+](=O)[O-])c(OC)c1. The van der Waals surface area contributed by atoms with Gasteiger partial charge in [0.2, 0.25) is 5.75 Å². The van der Waals surface area contributed by atoms with Gasteiger partial charge in [-0.1, -0.05) is 19.1 Å². The van der Waals surface area contributed by atoms with Crippen molar-refractivity contribution in [2.45, 2.75) is 13.3 Å². The molecule has 21 heavy (non-hydrogen) atoms. The van der Waals surface area contributed by atoms with E-state index in [0.29, 0.717) is 11.5 Å². The van der Waals surface area contributed by atoms with Gasteiger partial charge in [-0.25, -0.2) is 0 Å². The van der Waals surface area contributed by atoms with Crippen LogP contribution in [-0.4, -0.2) is 12.0 Å². The standard InChI is InChI=1S/C15H16N2O4/c1-3-10-7-8-12(14(9-10)20-2)21-13-6-4-5-11(16)15(13)17(18)19/h4-9H,3,16H2,1-2H3. The van der Waals surface area contributed by atoms with Crippen LogP contribution in [0.1, 0.15) is 12.5 Å². The number of hydrogen-bond acceptors (Lipinski definition) is 5. The summed E-state index contributed by atoms with van der Waals surface area (Å²) in [6, 6.07) is 10.0. The Bertz CT molecular complexity index is 671. The second-order valence-electron chi connectivity index (χ2n) is 4.39. The number of anilines is 1. The molecule has 2 N–H and O–H groups in total. The van der Waals surface area contributed by atoms with Gasteiger partial charge in [0.25, 0.3) is 0 Å². The summed E-state index contributed by atoms with van der Waals surface area (Å²) in [5.74, 6) is 1.01. The lowest BCUT2D eigenvalue weighted by Crippen LogP contribution is -1.99. The molecule has 0 fully saturated rings. The van der Waals surface area contributed by atoms with Crippen LogP contribution in [0.25, 0.3) is 0 Å². The third kappa shape index (κ3) is 3.05. The Balaban J connectivity index is 2.43. The summed E-state index contributed by atoms with van der Waals surface area (Å²) in [5.41, 5.74) is 6.53. The fourth-order valence-electron chi connectivity index (χ4n) is 1.95. The molecule has 0 saturated carbocycles. The first-order valence-electron chi connectivity index (χ1n) is 6.44. The topological polar surface area (TPSA) is 87.6 Å². The minimum absolute atomic E-state index is 0.0571. The Morgan fingerprint density at radius 3 is 2.57 bits per heavy atom. The predicted molar refractivity (Wildman–Crippen MR) is 80.0 cm³/mol. The van der Waals surface area contributed by atoms with Crippen molar-refractivity contribution < 1.29 is 14.4 Å². The van der Waals surface area contributed by atoms with Gasteiger partial charge in [-0.3, -0.25) is 10.1 Å². The van der Waals surface area contributed by atoms with Gasteiger partial charge in [-0.2, -0.15) is 0 Å². The number of nitrogen functional groups attached to an aromatic ring is 1. The smallest absolute Gasteiger partial charge is 0.334 e. The second kappa shape index (κ2) is 6.13. The van der Waals surface area contributed by atoms with E-state index < -0.39 is 4.92 Å². The first-order valence-corrected chi connectivity index (χ1v) is 6.44. The van der Waals surface area contributed by atoms with Crippen LogP contribution in [0.2, 0.25) is 0 Å². The molecule has 0 aliphatic rings. The van der Waals surface area contributed by atoms with Gasteiger partial charge in [0.15, 0.2) is 11.5 Å². The zero-order valence-corrected chi connectivity index (χ0v) is 11.8. The highest BCUT2D eigenvalue weighted by atomic mass is 16.6. The summed E-state index contributed by atoms with van der Waals surface area (Å²) in [7, 11) is 1.52. The molecular weight excluding hydrogens is 272 g/mol. The lowest BCUT2D eigenvalue weighted by Gasteiger charge is -2.12. The quantitative estimate of drug-likeness (QED) is 0.516. The maximum atomic E-state index is 11.1. The van der Waals surface area contributed by atoms with Crippen LogP contribution >= 0.6 is 0 Å². The van der Waals surface area contributed by atoms with E-state index in [1.54, 1.807) is 12.1 Å². The molecule has 6 heteroatoms. The highest BCUT2D eigenvalue weighted by molar-refractivity contribution is 5.66. The summed E-state index contributed by atoms with van der Waals surface area (Å²) in [6.45, 7) is 2.03. The Morgan fingerprint density at radius 2 is 1.95 bits per heavy atom. The molecule has 0 aliphatic heterocycles. The highest BCUT2D eigenvalue weighted by Gasteiger charge is 2.20. The summed E-state index contributed by atoms with van der Waals surface area (Å²) in [4.78, 5) is 10.5. The fourth-order valence-corrected chi connectivity index (χ4v) is 1.95. The summed E-state index contributed by atoms with van der Waals surface area (Å²) in [6.07, 6.45) is 0.856. The first-order chi connectivity index (χ1) is 10.1. The Hall–Kier alpha value is -2.76. The molecule has 0 aliphatic carbocycles. The average Bonchev–Trinajstić information content (AvgIpc) is 2.47. The van der Waals surface area contributed by atoms with Crippen LogP contribution in [0.5, 0.6) is 17.2 Å². The number of benzene rings is 2. The molecule has 0 radical (unpaired) electrons. The first kappa shape index (κ1) is 14.6. The Morgan fingerprint density at radius 1 is 1.19 bits per heavy atom. The Labute approximate surface area is 122 Å². The van der Waals surface area contributed by atoms with Crippen molar-refractivity contribution in [2.24, 2.45) is 0 Å². The third-order valence-electron chi connectivity index (χ3n) is 3.07. The zero-order chi connectivity index (χ0) is 15.4. The van der Waals surface area contributed by atoms with E-state index >= 15 is 0 Å². The molecule has 0 saturated heterocycles. The van der Waals surface area contributed by atoms with E-state index in [0.717, 1.165) is 12.0 Å². The molecule has 0 heterocycles. The van der Waals surface area contributed by atoms with Crippen LogP contribution in [0, 0.1) is 10.1 Å². The number of rotatable bonds is 5. The minimum atomic E-state index is -0.558. The zero-order valence-electron chi connectivity index (χ0n) is 11.8. The van der Waals surface area contributed by atoms with Gasteiger partial charge < -0.3 is 15.2 Å². The average molecular weight is 288 g/mol. The number of hydrogen-bond donors (Lipinski definition) is 1. The molecule has 0 aromatic heterocycles. The van der Waals surface area contributed by atoms with Crippen molar-refractivity contribution in [3.8, 4) is 17.2 Å². The van der Waals surface area contributed by atoms with Crippen LogP contribution < -0.4 is 15.2 Å². The third-order valence-corrected chi connectivity index (χ3v) is 3.07. The molecule has 0 spiro atoms. The van der Waals surface area contributed by atoms with Crippen molar-refractivity contribution >= 4 is 11.4 Å². The van der Waals surface area contributed by atoms with Crippen LogP contribution in [0.15, 0.2) is 36.4 Å². The molecule has 0 bridgehead atoms. The van der Waals surface area contributed by atoms with Gasteiger partial charge in [0.1, 0.15) is 5.69 Å². The molecule has 0 amide bonds. The fraction of sp³-hybridized carbons (Fsp3) is 0.200. The van der Waals surface area contributed by atoms with Crippen LogP contribution in [-0.2, 0) is 6.42 Å². The lowest BCUT2D eigenvalue weighted by molar-refractivity contribution is -0.384. The van der Waals surface area contributed by atoms with E-state index in [2.05, 4.69) is 0 Å². The van der Waals surface area contributed by atoms with Gasteiger partial charge in [-0.05, 0) is 36.2 Å². The number of methoxy groups -OCH3 is 1. The molecule has 110 valence electrons. The normalized spacial score (nSPS) is 10.2. The van der Waals surface area contributed by atoms with Crippen molar-refractivity contribution in [2.75, 3.05) is 12.8 Å². The maximum absolute atomic E-state index is 11.1. The number of nitrogens with zero attached hydrogens (tertiary/aromatic N) is 1. The number of ether oxygens (including phenoxy) is 2. The largest absolute Gasteiger partial charge is 0.493 e. The van der Waals surface area contributed by atoms with E-state index in [9.17, 15) is 10.1 Å². The number of nitro benzene ring substituents is 1. The number of nitro groups is 1. The van der Waals surface area contributed by atoms with Gasteiger partial charge in [-0.15, -0.1) is 0 Å². The van der Waals surface area contributed by atoms with Gasteiger partial charge in [0.05, 0.1) is 12.0 Å². The van der Waals surface area contributed by atoms with E-state index in [1.807, 2.05) is 19.1 Å². The lowest BCUT2D eigenvalue weighted by atomic mass is 10.1. The molecule has 0 unspecified atom stereocenters. The molecule has 2 rings (SSSR count). The number of aryl methyl sites for hydroxylation is 1. The van der Waals surface area contributed by atoms with E-state index in [4.69, 9.17) is 15.2 Å². The Kier molecular flexibility index (Phi) is 4.27. The summed E-state index contributed by atoms with van der Waals surface area (Å²) in [5, 5.41) is 11.1. The van der Waals surface area contributed by atoms with Crippen LogP contribution in [0.4, 0.5) is 11.4 Å². The van der Waals surface area contributed by atoms with Gasteiger partial charge in [0, 0.05) is 0 Å². The molecule has 0 atom stereocenters. The van der Waals surface area contributed by atoms with Crippen molar-refractivity contribution in [3.05, 3.63) is 52.1 Å². The molecular formula is C15H16N2O4. The molecule has 6 nitrogen and oxygen atoms in total. The molecule has 2 aromatic rings. The summed E-state index contributed by atoms with van der Waals surface area (Å²) >= 11 is 0. The van der Waals surface area contributed by atoms with E-state index in [1.165, 1.54) is 19.2 Å². The maximum Gasteiger partial charge on any atom is 0.334 e. The van der Waals surface area contributed by atoms with Gasteiger partial charge >= 0.3 is 5.69 Å². The predicted octanol–water partition coefficient (Wildman–Crippen LogP) is 3.54. The second-order valence-corrected chi connectivity index (χ2v) is 4.39. The van der Waals surface area contributed by atoms with E-state index in [-0.39, 0.29) is 17.1 Å². The van der Waals surface area contributed by atoms with Crippen LogP contribution in [0.3, 0.4) is 0 Å². The number of para-hydroxylation sites is 1. The highest BCUT2D eigenvalue weighted by Crippen LogP contribution is 2.39. The molecule has 2 aromatic carbocycles. The number of nitrogens with two attached hydrogens (primary N) is 1. The minimum Gasteiger partial charge on any atom is -0.493 e. The summed E-state index contributed by atoms with van der Waals surface area (Å²) < 4.78 is 10.9. The monoisotopic (exact) mass is 288 g/mol. The van der Waals surface area contributed by atoms with Crippen molar-refractivity contribution in [3.63, 3.8) is 0 Å².